The molecule has 0 saturated heterocycles. The third-order valence-electron chi connectivity index (χ3n) is 4.64. The highest BCUT2D eigenvalue weighted by Crippen LogP contribution is 2.25. The Hall–Kier alpha value is -2.54. The van der Waals surface area contributed by atoms with Gasteiger partial charge in [-0.1, -0.05) is 37.3 Å². The van der Waals surface area contributed by atoms with Crippen LogP contribution >= 0.6 is 0 Å². The van der Waals surface area contributed by atoms with E-state index >= 15 is 0 Å². The van der Waals surface area contributed by atoms with E-state index in [-0.39, 0.29) is 11.9 Å². The minimum atomic E-state index is -3.68. The average molecular weight is 405 g/mol. The van der Waals surface area contributed by atoms with E-state index < -0.39 is 16.1 Å². The molecule has 28 heavy (non-hydrogen) atoms. The van der Waals surface area contributed by atoms with Gasteiger partial charge in [0.1, 0.15) is 11.8 Å². The fraction of sp³-hybridized carbons (Fsp3) is 0.381. The van der Waals surface area contributed by atoms with Gasteiger partial charge in [-0.3, -0.25) is 9.10 Å². The lowest BCUT2D eigenvalue weighted by atomic mass is 10.0. The smallest absolute Gasteiger partial charge is 0.244 e. The van der Waals surface area contributed by atoms with Crippen molar-refractivity contribution in [2.24, 2.45) is 0 Å². The van der Waals surface area contributed by atoms with Gasteiger partial charge in [-0.15, -0.1) is 0 Å². The zero-order valence-corrected chi connectivity index (χ0v) is 17.8. The number of nitrogens with zero attached hydrogens (tertiary/aromatic N) is 1. The monoisotopic (exact) mass is 404 g/mol. The quantitative estimate of drug-likeness (QED) is 0.733. The van der Waals surface area contributed by atoms with Crippen LogP contribution in [0.2, 0.25) is 0 Å². The van der Waals surface area contributed by atoms with Gasteiger partial charge in [0.05, 0.1) is 25.1 Å². The van der Waals surface area contributed by atoms with E-state index in [0.717, 1.165) is 22.5 Å². The molecule has 152 valence electrons. The minimum absolute atomic E-state index is 0.243. The van der Waals surface area contributed by atoms with Gasteiger partial charge in [-0.25, -0.2) is 8.42 Å². The van der Waals surface area contributed by atoms with Gasteiger partial charge in [-0.05, 0) is 43.5 Å². The number of ether oxygens (including phenoxy) is 1. The molecule has 0 bridgehead atoms. The van der Waals surface area contributed by atoms with Crippen molar-refractivity contribution in [2.75, 3.05) is 17.7 Å². The highest BCUT2D eigenvalue weighted by Gasteiger charge is 2.30. The van der Waals surface area contributed by atoms with Gasteiger partial charge in [-0.2, -0.15) is 0 Å². The molecule has 2 aromatic rings. The van der Waals surface area contributed by atoms with Crippen LogP contribution in [-0.2, 0) is 21.2 Å². The van der Waals surface area contributed by atoms with Crippen molar-refractivity contribution in [1.29, 1.82) is 0 Å². The second-order valence-corrected chi connectivity index (χ2v) is 8.62. The number of hydrogen-bond acceptors (Lipinski definition) is 4. The Kier molecular flexibility index (Phi) is 7.07. The largest absolute Gasteiger partial charge is 0.497 e. The molecule has 0 aliphatic rings. The van der Waals surface area contributed by atoms with Crippen LogP contribution in [0.5, 0.6) is 5.75 Å². The van der Waals surface area contributed by atoms with Crippen LogP contribution in [-0.4, -0.2) is 33.7 Å². The summed E-state index contributed by atoms with van der Waals surface area (Å²) in [5.74, 6) is 0.142. The maximum atomic E-state index is 12.8. The Labute approximate surface area is 167 Å². The molecule has 6 nitrogen and oxygen atoms in total. The van der Waals surface area contributed by atoms with Crippen LogP contribution in [0.15, 0.2) is 48.5 Å². The number of hydrogen-bond donors (Lipinski definition) is 1. The molecule has 2 rings (SSSR count). The molecule has 2 atom stereocenters. The van der Waals surface area contributed by atoms with Crippen LogP contribution in [0.1, 0.15) is 37.9 Å². The summed E-state index contributed by atoms with van der Waals surface area (Å²) in [5.41, 5.74) is 2.56. The van der Waals surface area contributed by atoms with Gasteiger partial charge in [0, 0.05) is 6.07 Å². The third-order valence-corrected chi connectivity index (χ3v) is 5.88. The molecule has 0 aliphatic heterocycles. The number of amides is 1. The summed E-state index contributed by atoms with van der Waals surface area (Å²) in [6.07, 6.45) is 2.03. The van der Waals surface area contributed by atoms with E-state index in [9.17, 15) is 13.2 Å². The molecular formula is C21H28N2O4S. The number of rotatable bonds is 8. The molecule has 0 heterocycles. The number of carbonyl (C=O) groups excluding carboxylic acids is 1. The van der Waals surface area contributed by atoms with Crippen molar-refractivity contribution < 1.29 is 17.9 Å². The molecule has 7 heteroatoms. The molecule has 0 saturated carbocycles. The summed E-state index contributed by atoms with van der Waals surface area (Å²) in [5, 5.41) is 2.91. The zero-order chi connectivity index (χ0) is 20.9. The predicted molar refractivity (Wildman–Crippen MR) is 112 cm³/mol. The van der Waals surface area contributed by atoms with E-state index in [0.29, 0.717) is 11.4 Å². The lowest BCUT2D eigenvalue weighted by Crippen LogP contribution is -2.48. The first-order chi connectivity index (χ1) is 13.2. The lowest BCUT2D eigenvalue weighted by Gasteiger charge is -2.29. The fourth-order valence-electron chi connectivity index (χ4n) is 3.02. The molecule has 1 amide bonds. The Morgan fingerprint density at radius 1 is 1.14 bits per heavy atom. The van der Waals surface area contributed by atoms with Crippen LogP contribution < -0.4 is 14.4 Å². The SMILES string of the molecule is CCc1ccc(C(C)NC(=O)C(C)N(c2cccc(OC)c2)S(C)(=O)=O)cc1. The minimum Gasteiger partial charge on any atom is -0.497 e. The Morgan fingerprint density at radius 2 is 1.79 bits per heavy atom. The number of nitrogens with one attached hydrogen (secondary N) is 1. The van der Waals surface area contributed by atoms with E-state index in [2.05, 4.69) is 12.2 Å². The first-order valence-electron chi connectivity index (χ1n) is 9.20. The van der Waals surface area contributed by atoms with Crippen molar-refractivity contribution >= 4 is 21.6 Å². The van der Waals surface area contributed by atoms with Crippen molar-refractivity contribution in [2.45, 2.75) is 39.3 Å². The number of benzene rings is 2. The van der Waals surface area contributed by atoms with Gasteiger partial charge >= 0.3 is 0 Å². The number of methoxy groups -OCH3 is 1. The average Bonchev–Trinajstić information content (AvgIpc) is 2.67. The summed E-state index contributed by atoms with van der Waals surface area (Å²) in [6.45, 7) is 5.53. The summed E-state index contributed by atoms with van der Waals surface area (Å²) in [4.78, 5) is 12.8. The van der Waals surface area contributed by atoms with Gasteiger partial charge in [0.2, 0.25) is 15.9 Å². The molecule has 0 radical (unpaired) electrons. The standard InChI is InChI=1S/C21H28N2O4S/c1-6-17-10-12-18(13-11-17)15(2)22-21(24)16(3)23(28(5,25)26)19-8-7-9-20(14-19)27-4/h7-16H,6H2,1-5H3,(H,22,24). The molecule has 0 fully saturated rings. The van der Waals surface area contributed by atoms with Crippen molar-refractivity contribution in [3.63, 3.8) is 0 Å². The first kappa shape index (κ1) is 21.8. The molecular weight excluding hydrogens is 376 g/mol. The van der Waals surface area contributed by atoms with Gasteiger partial charge in [0.25, 0.3) is 0 Å². The Bertz CT molecular complexity index is 910. The topological polar surface area (TPSA) is 75.7 Å². The Morgan fingerprint density at radius 3 is 2.32 bits per heavy atom. The van der Waals surface area contributed by atoms with Crippen molar-refractivity contribution in [1.82, 2.24) is 5.32 Å². The molecule has 0 aromatic heterocycles. The van der Waals surface area contributed by atoms with E-state index in [4.69, 9.17) is 4.74 Å². The van der Waals surface area contributed by atoms with Crippen LogP contribution in [0, 0.1) is 0 Å². The number of sulfonamides is 1. The van der Waals surface area contributed by atoms with E-state index in [1.54, 1.807) is 31.2 Å². The molecule has 2 aromatic carbocycles. The van der Waals surface area contributed by atoms with Gasteiger partial charge < -0.3 is 10.1 Å². The molecule has 1 N–H and O–H groups in total. The number of aryl methyl sites for hydroxylation is 1. The summed E-state index contributed by atoms with van der Waals surface area (Å²) in [7, 11) is -2.17. The first-order valence-corrected chi connectivity index (χ1v) is 11.0. The van der Waals surface area contributed by atoms with Gasteiger partial charge in [0.15, 0.2) is 0 Å². The van der Waals surface area contributed by atoms with Crippen LogP contribution in [0.4, 0.5) is 5.69 Å². The second kappa shape index (κ2) is 9.10. The maximum Gasteiger partial charge on any atom is 0.244 e. The number of carbonyl (C=O) groups is 1. The molecule has 0 spiro atoms. The van der Waals surface area contributed by atoms with Crippen LogP contribution in [0.3, 0.4) is 0 Å². The third kappa shape index (κ3) is 5.25. The highest BCUT2D eigenvalue weighted by molar-refractivity contribution is 7.92. The summed E-state index contributed by atoms with van der Waals surface area (Å²) >= 11 is 0. The maximum absolute atomic E-state index is 12.8. The normalized spacial score (nSPS) is 13.5. The summed E-state index contributed by atoms with van der Waals surface area (Å²) < 4.78 is 31.1. The summed E-state index contributed by atoms with van der Waals surface area (Å²) in [6, 6.07) is 13.5. The zero-order valence-electron chi connectivity index (χ0n) is 17.0. The predicted octanol–water partition coefficient (Wildman–Crippen LogP) is 3.29. The lowest BCUT2D eigenvalue weighted by molar-refractivity contribution is -0.122. The molecule has 0 aliphatic carbocycles. The Balaban J connectivity index is 2.23. The fourth-order valence-corrected chi connectivity index (χ4v) is 4.18. The number of anilines is 1. The molecule has 2 unspecified atom stereocenters. The van der Waals surface area contributed by atoms with Crippen molar-refractivity contribution in [3.8, 4) is 5.75 Å². The van der Waals surface area contributed by atoms with Crippen molar-refractivity contribution in [3.05, 3.63) is 59.7 Å². The highest BCUT2D eigenvalue weighted by atomic mass is 32.2. The van der Waals surface area contributed by atoms with E-state index in [1.807, 2.05) is 31.2 Å². The van der Waals surface area contributed by atoms with E-state index in [1.165, 1.54) is 12.7 Å². The second-order valence-electron chi connectivity index (χ2n) is 6.76. The van der Waals surface area contributed by atoms with Crippen LogP contribution in [0.25, 0.3) is 0 Å².